The highest BCUT2D eigenvalue weighted by atomic mass is 127. The van der Waals surface area contributed by atoms with Crippen LogP contribution in [0.1, 0.15) is 22.6 Å². The van der Waals surface area contributed by atoms with Gasteiger partial charge >= 0.3 is 0 Å². The van der Waals surface area contributed by atoms with E-state index in [9.17, 15) is 0 Å². The maximum absolute atomic E-state index is 4.81. The molecule has 1 atom stereocenters. The second-order valence-electron chi connectivity index (χ2n) is 4.30. The molecule has 0 saturated carbocycles. The van der Waals surface area contributed by atoms with E-state index in [0.29, 0.717) is 0 Å². The predicted molar refractivity (Wildman–Crippen MR) is 81.8 cm³/mol. The van der Waals surface area contributed by atoms with Crippen LogP contribution >= 0.6 is 41.5 Å². The summed E-state index contributed by atoms with van der Waals surface area (Å²) in [6, 6.07) is 4.62. The van der Waals surface area contributed by atoms with Crippen LogP contribution in [0.3, 0.4) is 0 Å². The van der Waals surface area contributed by atoms with Crippen molar-refractivity contribution < 1.29 is 0 Å². The Labute approximate surface area is 116 Å². The zero-order valence-electron chi connectivity index (χ0n) is 9.00. The van der Waals surface area contributed by atoms with E-state index in [-0.39, 0.29) is 0 Å². The van der Waals surface area contributed by atoms with Gasteiger partial charge in [0.25, 0.3) is 0 Å². The molecule has 4 heteroatoms. The molecule has 2 aromatic rings. The zero-order chi connectivity index (χ0) is 11.1. The van der Waals surface area contributed by atoms with Crippen LogP contribution in [0.15, 0.2) is 12.1 Å². The fraction of sp³-hybridized carbons (Fsp3) is 0.417. The van der Waals surface area contributed by atoms with Crippen LogP contribution in [0.2, 0.25) is 0 Å². The van der Waals surface area contributed by atoms with Crippen LogP contribution in [-0.2, 0) is 12.8 Å². The molecule has 84 valence electrons. The number of hydrogen-bond donors (Lipinski definition) is 0. The van der Waals surface area contributed by atoms with E-state index in [2.05, 4.69) is 40.3 Å². The summed E-state index contributed by atoms with van der Waals surface area (Å²) in [6.45, 7) is 2.16. The molecule has 0 radical (unpaired) electrons. The molecule has 0 spiro atoms. The van der Waals surface area contributed by atoms with Gasteiger partial charge in [-0.1, -0.05) is 8.93 Å². The van der Waals surface area contributed by atoms with Gasteiger partial charge in [-0.3, -0.25) is 0 Å². The standard InChI is InChI=1S/C12H12INS2/c1-7-4-9-5-8-6-10(16-13)2-3-11(8)14-12(9)15-7/h4-5,10H,2-3,6H2,1H3. The second-order valence-corrected chi connectivity index (χ2v) is 7.90. The Balaban J connectivity index is 2.09. The minimum absolute atomic E-state index is 0.784. The summed E-state index contributed by atoms with van der Waals surface area (Å²) < 4.78 is 0. The third kappa shape index (κ3) is 1.99. The van der Waals surface area contributed by atoms with E-state index in [1.807, 2.05) is 20.3 Å². The van der Waals surface area contributed by atoms with Gasteiger partial charge in [-0.2, -0.15) is 0 Å². The molecular formula is C12H12INS2. The van der Waals surface area contributed by atoms with Crippen molar-refractivity contribution in [1.82, 2.24) is 4.98 Å². The Hall–Kier alpha value is 0.190. The first-order chi connectivity index (χ1) is 7.76. The van der Waals surface area contributed by atoms with Gasteiger partial charge in [0.05, 0.1) is 0 Å². The molecule has 0 fully saturated rings. The monoisotopic (exact) mass is 361 g/mol. The van der Waals surface area contributed by atoms with Crippen molar-refractivity contribution in [2.45, 2.75) is 31.4 Å². The van der Waals surface area contributed by atoms with Crippen LogP contribution in [0.25, 0.3) is 10.2 Å². The first-order valence-electron chi connectivity index (χ1n) is 5.42. The number of pyridine rings is 1. The third-order valence-electron chi connectivity index (χ3n) is 3.08. The highest BCUT2D eigenvalue weighted by Crippen LogP contribution is 2.34. The molecule has 1 aliphatic rings. The summed E-state index contributed by atoms with van der Waals surface area (Å²) in [5.41, 5.74) is 2.82. The second kappa shape index (κ2) is 4.46. The third-order valence-corrected chi connectivity index (χ3v) is 6.85. The van der Waals surface area contributed by atoms with E-state index in [0.717, 1.165) is 11.7 Å². The van der Waals surface area contributed by atoms with E-state index in [1.165, 1.54) is 39.2 Å². The maximum atomic E-state index is 4.81. The molecular weight excluding hydrogens is 349 g/mol. The number of thiophene rings is 1. The molecule has 0 aliphatic heterocycles. The van der Waals surface area contributed by atoms with E-state index >= 15 is 0 Å². The average Bonchev–Trinajstić information content (AvgIpc) is 2.64. The smallest absolute Gasteiger partial charge is 0.123 e. The summed E-state index contributed by atoms with van der Waals surface area (Å²) in [4.78, 5) is 7.40. The summed E-state index contributed by atoms with van der Waals surface area (Å²) >= 11 is 4.24. The van der Waals surface area contributed by atoms with Crippen LogP contribution in [0.5, 0.6) is 0 Å². The number of hydrogen-bond acceptors (Lipinski definition) is 3. The van der Waals surface area contributed by atoms with E-state index in [1.54, 1.807) is 0 Å². The van der Waals surface area contributed by atoms with E-state index in [4.69, 9.17) is 4.98 Å². The average molecular weight is 361 g/mol. The van der Waals surface area contributed by atoms with E-state index < -0.39 is 0 Å². The molecule has 0 bridgehead atoms. The Morgan fingerprint density at radius 1 is 1.50 bits per heavy atom. The number of aromatic nitrogens is 1. The number of rotatable bonds is 1. The summed E-state index contributed by atoms with van der Waals surface area (Å²) in [7, 11) is 1.96. The molecule has 2 aromatic heterocycles. The lowest BCUT2D eigenvalue weighted by Gasteiger charge is -2.21. The van der Waals surface area contributed by atoms with Crippen molar-refractivity contribution in [3.05, 3.63) is 28.3 Å². The highest BCUT2D eigenvalue weighted by molar-refractivity contribution is 14.2. The number of halogens is 1. The van der Waals surface area contributed by atoms with Crippen molar-refractivity contribution in [1.29, 1.82) is 0 Å². The Kier molecular flexibility index (Phi) is 3.15. The Morgan fingerprint density at radius 2 is 2.38 bits per heavy atom. The molecule has 0 saturated heterocycles. The van der Waals surface area contributed by atoms with Gasteiger partial charge in [0.2, 0.25) is 0 Å². The normalized spacial score (nSPS) is 20.0. The van der Waals surface area contributed by atoms with Crippen molar-refractivity contribution in [3.63, 3.8) is 0 Å². The number of nitrogens with zero attached hydrogens (tertiary/aromatic N) is 1. The van der Waals surface area contributed by atoms with Crippen molar-refractivity contribution >= 4 is 51.7 Å². The molecule has 1 aliphatic carbocycles. The quantitative estimate of drug-likeness (QED) is 0.692. The van der Waals surface area contributed by atoms with Crippen molar-refractivity contribution in [2.24, 2.45) is 0 Å². The van der Waals surface area contributed by atoms with Crippen molar-refractivity contribution in [3.8, 4) is 0 Å². The first-order valence-corrected chi connectivity index (χ1v) is 9.66. The molecule has 0 amide bonds. The van der Waals surface area contributed by atoms with Gasteiger partial charge in [0.15, 0.2) is 0 Å². The van der Waals surface area contributed by atoms with Crippen molar-refractivity contribution in [2.75, 3.05) is 0 Å². The maximum Gasteiger partial charge on any atom is 0.123 e. The molecule has 0 aromatic carbocycles. The lowest BCUT2D eigenvalue weighted by Crippen LogP contribution is -2.16. The minimum Gasteiger partial charge on any atom is -0.242 e. The molecule has 1 unspecified atom stereocenters. The first kappa shape index (κ1) is 11.3. The molecule has 1 nitrogen and oxygen atoms in total. The summed E-state index contributed by atoms with van der Waals surface area (Å²) in [5.74, 6) is 0. The Bertz CT molecular complexity index is 535. The van der Waals surface area contributed by atoms with Gasteiger partial charge in [0, 0.05) is 21.2 Å². The molecule has 2 heterocycles. The fourth-order valence-electron chi connectivity index (χ4n) is 2.29. The lowest BCUT2D eigenvalue weighted by atomic mass is 9.95. The van der Waals surface area contributed by atoms with Gasteiger partial charge in [0.1, 0.15) is 4.83 Å². The van der Waals surface area contributed by atoms with Crippen LogP contribution in [-0.4, -0.2) is 10.2 Å². The van der Waals surface area contributed by atoms with Gasteiger partial charge in [-0.15, -0.1) is 11.3 Å². The topological polar surface area (TPSA) is 12.9 Å². The van der Waals surface area contributed by atoms with Crippen LogP contribution in [0.4, 0.5) is 0 Å². The van der Waals surface area contributed by atoms with Crippen LogP contribution < -0.4 is 0 Å². The number of aryl methyl sites for hydroxylation is 2. The molecule has 16 heavy (non-hydrogen) atoms. The Morgan fingerprint density at radius 3 is 3.19 bits per heavy atom. The van der Waals surface area contributed by atoms with Gasteiger partial charge in [-0.05, 0) is 65.1 Å². The lowest BCUT2D eigenvalue weighted by molar-refractivity contribution is 0.691. The molecule has 0 N–H and O–H groups in total. The SMILES string of the molecule is Cc1cc2cc3c(nc2s1)CCC(SI)C3. The summed E-state index contributed by atoms with van der Waals surface area (Å²) in [5, 5.41) is 2.12. The highest BCUT2D eigenvalue weighted by Gasteiger charge is 2.20. The minimum atomic E-state index is 0.784. The zero-order valence-corrected chi connectivity index (χ0v) is 12.8. The largest absolute Gasteiger partial charge is 0.242 e. The predicted octanol–water partition coefficient (Wildman–Crippen LogP) is 4.55. The van der Waals surface area contributed by atoms with Gasteiger partial charge < -0.3 is 0 Å². The fourth-order valence-corrected chi connectivity index (χ4v) is 4.93. The van der Waals surface area contributed by atoms with Crippen LogP contribution in [0, 0.1) is 6.92 Å². The molecule has 3 rings (SSSR count). The summed E-state index contributed by atoms with van der Waals surface area (Å²) in [6.07, 6.45) is 3.63. The number of fused-ring (bicyclic) bond motifs is 2. The van der Waals surface area contributed by atoms with Gasteiger partial charge in [-0.25, -0.2) is 4.98 Å².